The van der Waals surface area contributed by atoms with Crippen LogP contribution in [0.5, 0.6) is 0 Å². The number of nitrogens with one attached hydrogen (secondary N) is 1. The fourth-order valence-electron chi connectivity index (χ4n) is 7.74. The summed E-state index contributed by atoms with van der Waals surface area (Å²) < 4.78 is 23.6. The summed E-state index contributed by atoms with van der Waals surface area (Å²) in [6.45, 7) is 4.78. The zero-order valence-corrected chi connectivity index (χ0v) is 43.7. The van der Waals surface area contributed by atoms with Gasteiger partial charge in [-0.1, -0.05) is 223 Å². The molecule has 8 nitrogen and oxygen atoms in total. The van der Waals surface area contributed by atoms with Crippen LogP contribution in [0.15, 0.2) is 48.6 Å². The lowest BCUT2D eigenvalue weighted by Gasteiger charge is -2.25. The molecule has 0 spiro atoms. The lowest BCUT2D eigenvalue weighted by molar-refractivity contribution is -0.870. The Bertz CT molecular complexity index is 1180. The van der Waals surface area contributed by atoms with Gasteiger partial charge in [0.2, 0.25) is 5.91 Å². The lowest BCUT2D eigenvalue weighted by Crippen LogP contribution is -2.45. The van der Waals surface area contributed by atoms with Gasteiger partial charge in [-0.2, -0.15) is 0 Å². The van der Waals surface area contributed by atoms with Crippen molar-refractivity contribution in [3.05, 3.63) is 48.6 Å². The number of phosphoric acid groups is 1. The molecule has 0 bridgehead atoms. The Morgan fingerprint density at radius 1 is 0.531 bits per heavy atom. The van der Waals surface area contributed by atoms with E-state index < -0.39 is 20.0 Å². The number of allylic oxidation sites excluding steroid dienone is 7. The number of unbranched alkanes of at least 4 members (excludes halogenated alkanes) is 30. The van der Waals surface area contributed by atoms with Gasteiger partial charge in [-0.25, -0.2) is 4.57 Å². The largest absolute Gasteiger partial charge is 0.472 e. The van der Waals surface area contributed by atoms with Gasteiger partial charge in [-0.15, -0.1) is 0 Å². The van der Waals surface area contributed by atoms with Crippen molar-refractivity contribution in [2.24, 2.45) is 0 Å². The van der Waals surface area contributed by atoms with Crippen LogP contribution < -0.4 is 5.32 Å². The summed E-state index contributed by atoms with van der Waals surface area (Å²) in [6, 6.07) is -0.869. The van der Waals surface area contributed by atoms with Crippen LogP contribution in [0.4, 0.5) is 0 Å². The highest BCUT2D eigenvalue weighted by atomic mass is 31.2. The van der Waals surface area contributed by atoms with Gasteiger partial charge in [0, 0.05) is 6.42 Å². The van der Waals surface area contributed by atoms with E-state index in [-0.39, 0.29) is 19.1 Å². The number of carbonyl (C=O) groups excluding carboxylic acids is 1. The fraction of sp³-hybridized carbons (Fsp3) is 0.836. The SMILES string of the molecule is CCCCC/C=C\C/C=C\CCCCCCCCCC(=O)NC(COP(=O)(O)OCC[N+](C)(C)C)C(O)/C=C/CC/C=C/CCCCCCCCCCCCCCCCCCCCC. The Balaban J connectivity index is 4.30. The third kappa shape index (κ3) is 48.4. The molecular formula is C55H106N2O6P+. The number of hydrogen-bond acceptors (Lipinski definition) is 5. The highest BCUT2D eigenvalue weighted by molar-refractivity contribution is 7.47. The summed E-state index contributed by atoms with van der Waals surface area (Å²) in [5, 5.41) is 13.9. The van der Waals surface area contributed by atoms with Crippen LogP contribution in [0, 0.1) is 0 Å². The van der Waals surface area contributed by atoms with Gasteiger partial charge in [0.15, 0.2) is 0 Å². The van der Waals surface area contributed by atoms with Crippen molar-refractivity contribution in [1.29, 1.82) is 0 Å². The first-order valence-electron chi connectivity index (χ1n) is 27.0. The normalized spacial score (nSPS) is 14.4. The van der Waals surface area contributed by atoms with Crippen LogP contribution >= 0.6 is 7.82 Å². The van der Waals surface area contributed by atoms with E-state index in [2.05, 4.69) is 55.6 Å². The second-order valence-electron chi connectivity index (χ2n) is 19.6. The average Bonchev–Trinajstić information content (AvgIpc) is 3.25. The number of carbonyl (C=O) groups is 1. The molecule has 1 amide bonds. The minimum atomic E-state index is -4.36. The number of likely N-dealkylation sites (N-methyl/N-ethyl adjacent to an activating group) is 1. The summed E-state index contributed by atoms with van der Waals surface area (Å²) >= 11 is 0. The Kier molecular flexibility index (Phi) is 45.4. The average molecular weight is 922 g/mol. The van der Waals surface area contributed by atoms with Crippen molar-refractivity contribution in [3.8, 4) is 0 Å². The molecule has 0 aliphatic carbocycles. The van der Waals surface area contributed by atoms with Gasteiger partial charge in [-0.3, -0.25) is 13.8 Å². The molecule has 0 aliphatic heterocycles. The maximum atomic E-state index is 12.9. The number of quaternary nitrogens is 1. The molecule has 0 fully saturated rings. The predicted octanol–water partition coefficient (Wildman–Crippen LogP) is 16.0. The molecular weight excluding hydrogens is 816 g/mol. The second kappa shape index (κ2) is 46.6. The standard InChI is InChI=1S/C55H105N2O6P/c1-6-8-10-12-14-16-18-20-22-24-25-26-27-28-29-30-31-33-34-36-38-40-42-44-46-48-54(58)53(52-63-64(60,61)62-51-50-57(3,4)5)56-55(59)49-47-45-43-41-39-37-35-32-23-21-19-17-15-13-11-9-7-2/h15,17,21,23,38,40,46,48,53-54,58H,6-14,16,18-20,22,24-37,39,41-45,47,49-52H2,1-5H3,(H-,56,59,60,61)/p+1/b17-15-,23-21-,40-38+,48-46+. The van der Waals surface area contributed by atoms with E-state index in [0.717, 1.165) is 51.4 Å². The van der Waals surface area contributed by atoms with Gasteiger partial charge < -0.3 is 19.8 Å². The fourth-order valence-corrected chi connectivity index (χ4v) is 8.47. The summed E-state index contributed by atoms with van der Waals surface area (Å²) in [6.07, 6.45) is 60.6. The molecule has 376 valence electrons. The quantitative estimate of drug-likeness (QED) is 0.0243. The van der Waals surface area contributed by atoms with E-state index in [9.17, 15) is 19.4 Å². The van der Waals surface area contributed by atoms with E-state index in [1.165, 1.54) is 173 Å². The molecule has 0 aromatic heterocycles. The maximum absolute atomic E-state index is 12.9. The highest BCUT2D eigenvalue weighted by Gasteiger charge is 2.27. The zero-order valence-electron chi connectivity index (χ0n) is 42.8. The van der Waals surface area contributed by atoms with Crippen LogP contribution in [0.25, 0.3) is 0 Å². The van der Waals surface area contributed by atoms with Crippen LogP contribution in [0.2, 0.25) is 0 Å². The molecule has 64 heavy (non-hydrogen) atoms. The van der Waals surface area contributed by atoms with Crippen LogP contribution in [0.1, 0.15) is 245 Å². The third-order valence-corrected chi connectivity index (χ3v) is 13.0. The predicted molar refractivity (Wildman–Crippen MR) is 277 cm³/mol. The molecule has 0 heterocycles. The minimum Gasteiger partial charge on any atom is -0.387 e. The van der Waals surface area contributed by atoms with Gasteiger partial charge in [-0.05, 0) is 64.2 Å². The Labute approximate surface area is 397 Å². The summed E-state index contributed by atoms with van der Waals surface area (Å²) in [4.78, 5) is 23.2. The Morgan fingerprint density at radius 3 is 1.38 bits per heavy atom. The van der Waals surface area contributed by atoms with Crippen LogP contribution in [0.3, 0.4) is 0 Å². The molecule has 3 unspecified atom stereocenters. The van der Waals surface area contributed by atoms with E-state index >= 15 is 0 Å². The number of nitrogens with zero attached hydrogens (tertiary/aromatic N) is 1. The first-order chi connectivity index (χ1) is 31.0. The highest BCUT2D eigenvalue weighted by Crippen LogP contribution is 2.43. The maximum Gasteiger partial charge on any atom is 0.472 e. The molecule has 3 atom stereocenters. The lowest BCUT2D eigenvalue weighted by atomic mass is 10.0. The zero-order chi connectivity index (χ0) is 47.1. The topological polar surface area (TPSA) is 105 Å². The molecule has 0 aromatic rings. The molecule has 0 saturated heterocycles. The van der Waals surface area contributed by atoms with E-state index in [0.29, 0.717) is 17.4 Å². The number of phosphoric ester groups is 1. The van der Waals surface area contributed by atoms with Crippen molar-refractivity contribution in [3.63, 3.8) is 0 Å². The number of hydrogen-bond donors (Lipinski definition) is 3. The third-order valence-electron chi connectivity index (χ3n) is 12.0. The number of rotatable bonds is 49. The van der Waals surface area contributed by atoms with E-state index in [1.54, 1.807) is 6.08 Å². The Hall–Kier alpha value is -1.54. The number of aliphatic hydroxyl groups is 1. The van der Waals surface area contributed by atoms with Crippen molar-refractivity contribution in [2.75, 3.05) is 40.9 Å². The van der Waals surface area contributed by atoms with Gasteiger partial charge in [0.1, 0.15) is 13.2 Å². The monoisotopic (exact) mass is 922 g/mol. The second-order valence-corrected chi connectivity index (χ2v) is 21.0. The molecule has 0 aliphatic rings. The molecule has 0 aromatic carbocycles. The van der Waals surface area contributed by atoms with E-state index in [1.807, 2.05) is 27.2 Å². The number of amides is 1. The van der Waals surface area contributed by atoms with Crippen LogP contribution in [-0.2, 0) is 18.4 Å². The van der Waals surface area contributed by atoms with Crippen LogP contribution in [-0.4, -0.2) is 73.4 Å². The van der Waals surface area contributed by atoms with Crippen molar-refractivity contribution in [1.82, 2.24) is 5.32 Å². The van der Waals surface area contributed by atoms with Crippen molar-refractivity contribution in [2.45, 2.75) is 257 Å². The van der Waals surface area contributed by atoms with Gasteiger partial charge in [0.05, 0.1) is 39.9 Å². The van der Waals surface area contributed by atoms with Crippen molar-refractivity contribution < 1.29 is 32.9 Å². The summed E-state index contributed by atoms with van der Waals surface area (Å²) in [7, 11) is 1.55. The summed E-state index contributed by atoms with van der Waals surface area (Å²) in [5.41, 5.74) is 0. The molecule has 0 rings (SSSR count). The molecule has 0 radical (unpaired) electrons. The molecule has 3 N–H and O–H groups in total. The molecule has 0 saturated carbocycles. The number of aliphatic hydroxyl groups excluding tert-OH is 1. The molecule has 9 heteroatoms. The Morgan fingerprint density at radius 2 is 0.906 bits per heavy atom. The van der Waals surface area contributed by atoms with Gasteiger partial charge in [0.25, 0.3) is 0 Å². The smallest absolute Gasteiger partial charge is 0.387 e. The van der Waals surface area contributed by atoms with Crippen molar-refractivity contribution >= 4 is 13.7 Å². The summed E-state index contributed by atoms with van der Waals surface area (Å²) in [5.74, 6) is -0.194. The first-order valence-corrected chi connectivity index (χ1v) is 28.5. The van der Waals surface area contributed by atoms with E-state index in [4.69, 9.17) is 9.05 Å². The minimum absolute atomic E-state index is 0.0536. The first kappa shape index (κ1) is 62.5. The van der Waals surface area contributed by atoms with Gasteiger partial charge >= 0.3 is 7.82 Å².